The van der Waals surface area contributed by atoms with Gasteiger partial charge in [-0.05, 0) is 12.8 Å². The van der Waals surface area contributed by atoms with Gasteiger partial charge in [-0.3, -0.25) is 0 Å². The Bertz CT molecular complexity index is 524. The summed E-state index contributed by atoms with van der Waals surface area (Å²) in [6.45, 7) is 8.21. The lowest BCUT2D eigenvalue weighted by atomic mass is 9.86. The molecule has 0 spiro atoms. The van der Waals surface area contributed by atoms with Crippen LogP contribution in [0.5, 0.6) is 0 Å². The third kappa shape index (κ3) is 3.74. The van der Waals surface area contributed by atoms with Crippen LogP contribution in [0.15, 0.2) is 12.4 Å². The van der Waals surface area contributed by atoms with Crippen LogP contribution in [0, 0.1) is 5.41 Å². The maximum absolute atomic E-state index is 12.1. The van der Waals surface area contributed by atoms with Crippen LogP contribution >= 0.6 is 0 Å². The van der Waals surface area contributed by atoms with Gasteiger partial charge in [0.1, 0.15) is 5.82 Å². The van der Waals surface area contributed by atoms with Gasteiger partial charge in [0.05, 0.1) is 24.7 Å². The van der Waals surface area contributed by atoms with E-state index >= 15 is 0 Å². The van der Waals surface area contributed by atoms with Crippen molar-refractivity contribution in [3.8, 4) is 0 Å². The van der Waals surface area contributed by atoms with Gasteiger partial charge in [-0.1, -0.05) is 34.1 Å². The molecule has 22 heavy (non-hydrogen) atoms. The number of rotatable bonds is 3. The highest BCUT2D eigenvalue weighted by Gasteiger charge is 2.39. The average Bonchev–Trinajstić information content (AvgIpc) is 2.80. The van der Waals surface area contributed by atoms with Gasteiger partial charge < -0.3 is 15.7 Å². The maximum atomic E-state index is 12.1. The minimum absolute atomic E-state index is 0.00716. The number of aliphatic hydroxyl groups excluding tert-OH is 1. The van der Waals surface area contributed by atoms with E-state index in [4.69, 9.17) is 0 Å². The highest BCUT2D eigenvalue weighted by molar-refractivity contribution is 5.89. The van der Waals surface area contributed by atoms with E-state index in [9.17, 15) is 9.90 Å². The molecule has 6 nitrogen and oxygen atoms in total. The molecule has 1 aliphatic rings. The molecule has 0 bridgehead atoms. The molecule has 1 aromatic rings. The van der Waals surface area contributed by atoms with Crippen LogP contribution < -0.4 is 10.6 Å². The second-order valence-corrected chi connectivity index (χ2v) is 7.40. The molecule has 1 saturated carbocycles. The van der Waals surface area contributed by atoms with Crippen LogP contribution in [-0.2, 0) is 5.41 Å². The maximum Gasteiger partial charge on any atom is 0.319 e. The third-order valence-corrected chi connectivity index (χ3v) is 4.33. The van der Waals surface area contributed by atoms with E-state index in [2.05, 4.69) is 20.6 Å². The van der Waals surface area contributed by atoms with E-state index in [1.165, 1.54) is 0 Å². The van der Waals surface area contributed by atoms with E-state index < -0.39 is 0 Å². The van der Waals surface area contributed by atoms with Crippen molar-refractivity contribution < 1.29 is 9.90 Å². The number of urea groups is 1. The van der Waals surface area contributed by atoms with Gasteiger partial charge in [0.2, 0.25) is 0 Å². The summed E-state index contributed by atoms with van der Waals surface area (Å²) < 4.78 is 0. The van der Waals surface area contributed by atoms with Gasteiger partial charge in [-0.15, -0.1) is 0 Å². The Morgan fingerprint density at radius 1 is 1.41 bits per heavy atom. The van der Waals surface area contributed by atoms with Crippen LogP contribution in [0.1, 0.15) is 52.8 Å². The molecule has 1 aliphatic carbocycles. The third-order valence-electron chi connectivity index (χ3n) is 4.33. The Morgan fingerprint density at radius 2 is 2.05 bits per heavy atom. The lowest BCUT2D eigenvalue weighted by Crippen LogP contribution is -2.46. The molecule has 0 radical (unpaired) electrons. The van der Waals surface area contributed by atoms with Crippen molar-refractivity contribution >= 4 is 11.7 Å². The van der Waals surface area contributed by atoms with Crippen LogP contribution in [-0.4, -0.2) is 33.8 Å². The second-order valence-electron chi connectivity index (χ2n) is 7.40. The highest BCUT2D eigenvalue weighted by Crippen LogP contribution is 2.37. The lowest BCUT2D eigenvalue weighted by molar-refractivity contribution is 0.122. The largest absolute Gasteiger partial charge is 0.396 e. The first-order valence-corrected chi connectivity index (χ1v) is 7.75. The van der Waals surface area contributed by atoms with Crippen molar-refractivity contribution in [2.24, 2.45) is 5.41 Å². The number of carbonyl (C=O) groups is 1. The van der Waals surface area contributed by atoms with Gasteiger partial charge in [0.15, 0.2) is 0 Å². The summed E-state index contributed by atoms with van der Waals surface area (Å²) in [6.07, 6.45) is 6.08. The molecule has 2 amide bonds. The molecule has 122 valence electrons. The molecule has 0 saturated heterocycles. The molecule has 6 heteroatoms. The van der Waals surface area contributed by atoms with E-state index in [-0.39, 0.29) is 29.5 Å². The number of aliphatic hydroxyl groups is 1. The predicted octanol–water partition coefficient (Wildman–Crippen LogP) is 2.45. The zero-order valence-electron chi connectivity index (χ0n) is 13.8. The number of nitrogens with zero attached hydrogens (tertiary/aromatic N) is 2. The molecule has 1 heterocycles. The van der Waals surface area contributed by atoms with Gasteiger partial charge in [-0.2, -0.15) is 0 Å². The van der Waals surface area contributed by atoms with Crippen LogP contribution in [0.2, 0.25) is 0 Å². The van der Waals surface area contributed by atoms with Crippen molar-refractivity contribution in [2.45, 2.75) is 58.4 Å². The quantitative estimate of drug-likeness (QED) is 0.800. The van der Waals surface area contributed by atoms with E-state index in [0.29, 0.717) is 5.69 Å². The Labute approximate surface area is 131 Å². The fourth-order valence-electron chi connectivity index (χ4n) is 2.77. The molecule has 0 aromatic carbocycles. The summed E-state index contributed by atoms with van der Waals surface area (Å²) in [7, 11) is 0. The van der Waals surface area contributed by atoms with Gasteiger partial charge in [0.25, 0.3) is 0 Å². The monoisotopic (exact) mass is 306 g/mol. The number of nitrogens with one attached hydrogen (secondary N) is 2. The van der Waals surface area contributed by atoms with E-state index in [1.54, 1.807) is 12.4 Å². The molecule has 0 aliphatic heterocycles. The Morgan fingerprint density at radius 3 is 2.59 bits per heavy atom. The highest BCUT2D eigenvalue weighted by atomic mass is 16.3. The summed E-state index contributed by atoms with van der Waals surface area (Å²) in [5.41, 5.74) is 0.214. The average molecular weight is 306 g/mol. The second kappa shape index (κ2) is 6.20. The van der Waals surface area contributed by atoms with Crippen LogP contribution in [0.3, 0.4) is 0 Å². The summed E-state index contributed by atoms with van der Waals surface area (Å²) >= 11 is 0. The van der Waals surface area contributed by atoms with Crippen molar-refractivity contribution in [1.82, 2.24) is 15.3 Å². The van der Waals surface area contributed by atoms with Crippen molar-refractivity contribution in [3.05, 3.63) is 18.2 Å². The molecular weight excluding hydrogens is 280 g/mol. The molecule has 2 atom stereocenters. The van der Waals surface area contributed by atoms with Crippen molar-refractivity contribution in [1.29, 1.82) is 0 Å². The summed E-state index contributed by atoms with van der Waals surface area (Å²) in [6, 6.07) is -0.286. The lowest BCUT2D eigenvalue weighted by Gasteiger charge is -2.30. The Hall–Kier alpha value is -1.69. The number of anilines is 1. The minimum Gasteiger partial charge on any atom is -0.396 e. The first kappa shape index (κ1) is 16.7. The van der Waals surface area contributed by atoms with Crippen LogP contribution in [0.4, 0.5) is 10.5 Å². The standard InChI is InChI=1S/C16H26N4O2/c1-15(2,3)13-17-8-11(9-18-13)19-14(22)20-12-6-5-7-16(12,4)10-21/h8-9,12,21H,5-7,10H2,1-4H3,(H2,19,20,22). The first-order valence-electron chi connectivity index (χ1n) is 7.75. The normalized spacial score (nSPS) is 25.0. The number of hydrogen-bond donors (Lipinski definition) is 3. The topological polar surface area (TPSA) is 87.1 Å². The summed E-state index contributed by atoms with van der Waals surface area (Å²) in [5.74, 6) is 0.738. The van der Waals surface area contributed by atoms with Gasteiger partial charge in [0, 0.05) is 16.9 Å². The van der Waals surface area contributed by atoms with Gasteiger partial charge in [-0.25, -0.2) is 14.8 Å². The minimum atomic E-state index is -0.279. The summed E-state index contributed by atoms with van der Waals surface area (Å²) in [4.78, 5) is 20.7. The Balaban J connectivity index is 1.95. The summed E-state index contributed by atoms with van der Waals surface area (Å²) in [5, 5.41) is 15.2. The van der Waals surface area contributed by atoms with Gasteiger partial charge >= 0.3 is 6.03 Å². The van der Waals surface area contributed by atoms with E-state index in [1.807, 2.05) is 27.7 Å². The molecule has 3 N–H and O–H groups in total. The molecule has 1 fully saturated rings. The smallest absolute Gasteiger partial charge is 0.319 e. The zero-order chi connectivity index (χ0) is 16.4. The number of hydrogen-bond acceptors (Lipinski definition) is 4. The SMILES string of the molecule is CC(C)(C)c1ncc(NC(=O)NC2CCCC2(C)CO)cn1. The fourth-order valence-corrected chi connectivity index (χ4v) is 2.77. The van der Waals surface area contributed by atoms with Crippen molar-refractivity contribution in [2.75, 3.05) is 11.9 Å². The first-order chi connectivity index (χ1) is 10.2. The van der Waals surface area contributed by atoms with Crippen molar-refractivity contribution in [3.63, 3.8) is 0 Å². The molecule has 2 unspecified atom stereocenters. The Kier molecular flexibility index (Phi) is 4.70. The number of carbonyl (C=O) groups excluding carboxylic acids is 1. The van der Waals surface area contributed by atoms with E-state index in [0.717, 1.165) is 25.1 Å². The molecule has 1 aromatic heterocycles. The predicted molar refractivity (Wildman–Crippen MR) is 85.7 cm³/mol. The zero-order valence-corrected chi connectivity index (χ0v) is 13.8. The molecule has 2 rings (SSSR count). The molecular formula is C16H26N4O2. The number of amides is 2. The van der Waals surface area contributed by atoms with Crippen LogP contribution in [0.25, 0.3) is 0 Å². The number of aromatic nitrogens is 2. The fraction of sp³-hybridized carbons (Fsp3) is 0.688.